The Morgan fingerprint density at radius 2 is 1.90 bits per heavy atom. The van der Waals surface area contributed by atoms with Crippen LogP contribution in [0.15, 0.2) is 57.6 Å². The Kier molecular flexibility index (Phi) is 7.35. The fourth-order valence-electron chi connectivity index (χ4n) is 4.65. The predicted octanol–water partition coefficient (Wildman–Crippen LogP) is 8.17. The second-order valence-corrected chi connectivity index (χ2v) is 8.79. The number of nitrogens with zero attached hydrogens (tertiary/aromatic N) is 1. The highest BCUT2D eigenvalue weighted by molar-refractivity contribution is 6.35. The first kappa shape index (κ1) is 21.8. The Morgan fingerprint density at radius 3 is 2.59 bits per heavy atom. The van der Waals surface area contributed by atoms with E-state index in [0.29, 0.717) is 5.92 Å². The molecule has 0 saturated carbocycles. The number of aliphatic imine (C=N–C) groups is 1. The standard InChI is InChI=1S/C27H34ClN/c1-6-8-9-14-23-20(5)22-13-11-10-12-21(22)17-24(23)27(29-7-2)26-19(4)15-18(3)16-25(26)28/h10-13,16-17,19H,6-9,14-15H2,1-5H3/b29-27-. The van der Waals surface area contributed by atoms with Gasteiger partial charge < -0.3 is 0 Å². The molecule has 2 aromatic rings. The zero-order chi connectivity index (χ0) is 21.0. The molecule has 1 atom stereocenters. The quantitative estimate of drug-likeness (QED) is 0.324. The summed E-state index contributed by atoms with van der Waals surface area (Å²) in [6.45, 7) is 11.9. The number of aryl methyl sites for hydroxylation is 1. The van der Waals surface area contributed by atoms with E-state index in [1.807, 2.05) is 0 Å². The van der Waals surface area contributed by atoms with Crippen LogP contribution in [0.2, 0.25) is 0 Å². The molecule has 2 heteroatoms. The third kappa shape index (κ3) is 4.67. The molecule has 0 spiro atoms. The zero-order valence-electron chi connectivity index (χ0n) is 18.6. The van der Waals surface area contributed by atoms with Gasteiger partial charge in [0, 0.05) is 17.1 Å². The van der Waals surface area contributed by atoms with E-state index in [2.05, 4.69) is 71.0 Å². The number of allylic oxidation sites excluding steroid dienone is 4. The Morgan fingerprint density at radius 1 is 1.14 bits per heavy atom. The normalized spacial score (nSPS) is 17.8. The first-order valence-corrected chi connectivity index (χ1v) is 11.5. The van der Waals surface area contributed by atoms with Crippen LogP contribution in [-0.2, 0) is 6.42 Å². The fourth-order valence-corrected chi connectivity index (χ4v) is 5.11. The van der Waals surface area contributed by atoms with Crippen LogP contribution in [0.5, 0.6) is 0 Å². The minimum Gasteiger partial charge on any atom is -0.285 e. The molecule has 0 fully saturated rings. The molecule has 3 rings (SSSR count). The molecule has 29 heavy (non-hydrogen) atoms. The van der Waals surface area contributed by atoms with E-state index in [9.17, 15) is 0 Å². The lowest BCUT2D eigenvalue weighted by molar-refractivity contribution is 0.682. The number of unbranched alkanes of at least 4 members (excludes halogenated alkanes) is 2. The summed E-state index contributed by atoms with van der Waals surface area (Å²) in [5.74, 6) is 0.382. The molecule has 1 aliphatic rings. The predicted molar refractivity (Wildman–Crippen MR) is 129 cm³/mol. The SMILES string of the molecule is CCCCCc1c(/C(=N/CC)C2=C(Cl)C=C(C)CC2C)cc2ccccc2c1C. The van der Waals surface area contributed by atoms with Crippen molar-refractivity contribution in [3.63, 3.8) is 0 Å². The van der Waals surface area contributed by atoms with Gasteiger partial charge in [0.15, 0.2) is 0 Å². The highest BCUT2D eigenvalue weighted by Crippen LogP contribution is 2.36. The van der Waals surface area contributed by atoms with Crippen LogP contribution in [0.1, 0.15) is 70.1 Å². The Hall–Kier alpha value is -1.86. The maximum atomic E-state index is 6.81. The molecule has 2 aromatic carbocycles. The van der Waals surface area contributed by atoms with E-state index in [-0.39, 0.29) is 0 Å². The molecule has 0 heterocycles. The van der Waals surface area contributed by atoms with Crippen LogP contribution in [0.3, 0.4) is 0 Å². The number of hydrogen-bond donors (Lipinski definition) is 0. The summed E-state index contributed by atoms with van der Waals surface area (Å²) >= 11 is 6.81. The summed E-state index contributed by atoms with van der Waals surface area (Å²) in [5.41, 5.74) is 7.79. The molecule has 1 nitrogen and oxygen atoms in total. The summed E-state index contributed by atoms with van der Waals surface area (Å²) in [4.78, 5) is 5.03. The minimum atomic E-state index is 0.382. The maximum absolute atomic E-state index is 6.81. The average molecular weight is 408 g/mol. The van der Waals surface area contributed by atoms with E-state index >= 15 is 0 Å². The number of hydrogen-bond acceptors (Lipinski definition) is 1. The third-order valence-electron chi connectivity index (χ3n) is 6.05. The highest BCUT2D eigenvalue weighted by Gasteiger charge is 2.25. The van der Waals surface area contributed by atoms with Crippen LogP contribution >= 0.6 is 11.6 Å². The van der Waals surface area contributed by atoms with Gasteiger partial charge in [-0.05, 0) is 85.6 Å². The van der Waals surface area contributed by atoms with E-state index in [0.717, 1.165) is 30.1 Å². The molecule has 0 amide bonds. The second-order valence-electron chi connectivity index (χ2n) is 8.39. The zero-order valence-corrected chi connectivity index (χ0v) is 19.4. The highest BCUT2D eigenvalue weighted by atomic mass is 35.5. The molecule has 0 N–H and O–H groups in total. The minimum absolute atomic E-state index is 0.382. The first-order valence-electron chi connectivity index (χ1n) is 11.1. The smallest absolute Gasteiger partial charge is 0.0699 e. The largest absolute Gasteiger partial charge is 0.285 e. The van der Waals surface area contributed by atoms with Crippen molar-refractivity contribution in [1.82, 2.24) is 0 Å². The summed E-state index contributed by atoms with van der Waals surface area (Å²) < 4.78 is 0. The fraction of sp³-hybridized carbons (Fsp3) is 0.444. The van der Waals surface area contributed by atoms with Crippen molar-refractivity contribution in [1.29, 1.82) is 0 Å². The third-order valence-corrected chi connectivity index (χ3v) is 6.36. The van der Waals surface area contributed by atoms with Crippen LogP contribution < -0.4 is 0 Å². The molecule has 154 valence electrons. The van der Waals surface area contributed by atoms with Crippen molar-refractivity contribution in [3.8, 4) is 0 Å². The molecule has 0 radical (unpaired) electrons. The van der Waals surface area contributed by atoms with Gasteiger partial charge in [-0.25, -0.2) is 0 Å². The summed E-state index contributed by atoms with van der Waals surface area (Å²) in [5, 5.41) is 3.50. The monoisotopic (exact) mass is 407 g/mol. The molecule has 1 aliphatic carbocycles. The second kappa shape index (κ2) is 9.76. The van der Waals surface area contributed by atoms with Gasteiger partial charge in [0.25, 0.3) is 0 Å². The van der Waals surface area contributed by atoms with Crippen molar-refractivity contribution >= 4 is 28.1 Å². The number of fused-ring (bicyclic) bond motifs is 1. The summed E-state index contributed by atoms with van der Waals surface area (Å²) in [6.07, 6.45) is 7.97. The van der Waals surface area contributed by atoms with Gasteiger partial charge in [-0.2, -0.15) is 0 Å². The van der Waals surface area contributed by atoms with Gasteiger partial charge in [-0.15, -0.1) is 0 Å². The Labute approximate surface area is 181 Å². The van der Waals surface area contributed by atoms with Gasteiger partial charge in [-0.1, -0.05) is 68.1 Å². The molecular formula is C27H34ClN. The van der Waals surface area contributed by atoms with E-state index < -0.39 is 0 Å². The molecule has 1 unspecified atom stereocenters. The average Bonchev–Trinajstić information content (AvgIpc) is 2.68. The first-order chi connectivity index (χ1) is 14.0. The van der Waals surface area contributed by atoms with E-state index in [1.165, 1.54) is 57.9 Å². The number of halogens is 1. The van der Waals surface area contributed by atoms with Crippen LogP contribution in [-0.4, -0.2) is 12.3 Å². The topological polar surface area (TPSA) is 12.4 Å². The Balaban J connectivity index is 2.25. The van der Waals surface area contributed by atoms with Crippen molar-refractivity contribution in [2.24, 2.45) is 10.9 Å². The molecule has 0 bridgehead atoms. The van der Waals surface area contributed by atoms with Crippen molar-refractivity contribution in [3.05, 3.63) is 69.3 Å². The van der Waals surface area contributed by atoms with E-state index in [4.69, 9.17) is 16.6 Å². The molecule has 0 aliphatic heterocycles. The van der Waals surface area contributed by atoms with Crippen molar-refractivity contribution in [2.45, 2.75) is 66.7 Å². The van der Waals surface area contributed by atoms with Gasteiger partial charge in [0.05, 0.1) is 5.71 Å². The van der Waals surface area contributed by atoms with Crippen LogP contribution in [0.25, 0.3) is 10.8 Å². The maximum Gasteiger partial charge on any atom is 0.0699 e. The Bertz CT molecular complexity index is 977. The number of benzene rings is 2. The summed E-state index contributed by atoms with van der Waals surface area (Å²) in [6, 6.07) is 11.1. The van der Waals surface area contributed by atoms with Gasteiger partial charge in [-0.3, -0.25) is 4.99 Å². The van der Waals surface area contributed by atoms with Gasteiger partial charge in [0.1, 0.15) is 0 Å². The van der Waals surface area contributed by atoms with Crippen LogP contribution in [0.4, 0.5) is 0 Å². The van der Waals surface area contributed by atoms with Crippen LogP contribution in [0, 0.1) is 12.8 Å². The lowest BCUT2D eigenvalue weighted by atomic mass is 9.81. The van der Waals surface area contributed by atoms with Crippen molar-refractivity contribution < 1.29 is 0 Å². The molecule has 0 saturated heterocycles. The number of rotatable bonds is 7. The van der Waals surface area contributed by atoms with Gasteiger partial charge >= 0.3 is 0 Å². The van der Waals surface area contributed by atoms with Crippen molar-refractivity contribution in [2.75, 3.05) is 6.54 Å². The lowest BCUT2D eigenvalue weighted by Crippen LogP contribution is -2.19. The molecular weight excluding hydrogens is 374 g/mol. The lowest BCUT2D eigenvalue weighted by Gasteiger charge is -2.26. The van der Waals surface area contributed by atoms with E-state index in [1.54, 1.807) is 0 Å². The van der Waals surface area contributed by atoms with Gasteiger partial charge in [0.2, 0.25) is 0 Å². The molecule has 0 aromatic heterocycles. The summed E-state index contributed by atoms with van der Waals surface area (Å²) in [7, 11) is 0.